The zero-order chi connectivity index (χ0) is 7.98. The van der Waals surface area contributed by atoms with Crippen LogP contribution < -0.4 is 0 Å². The van der Waals surface area contributed by atoms with Gasteiger partial charge in [-0.25, -0.2) is 0 Å². The van der Waals surface area contributed by atoms with E-state index in [0.717, 1.165) is 5.56 Å². The third-order valence-corrected chi connectivity index (χ3v) is 0.748. The van der Waals surface area contributed by atoms with Crippen molar-refractivity contribution < 1.29 is 1.37 Å². The molecule has 0 N–H and O–H groups in total. The van der Waals surface area contributed by atoms with Crippen molar-refractivity contribution in [1.29, 1.82) is 0 Å². The van der Waals surface area contributed by atoms with Gasteiger partial charge in [0, 0.05) is 12.4 Å². The zero-order valence-corrected chi connectivity index (χ0v) is 6.18. The lowest BCUT2D eigenvalue weighted by Crippen LogP contribution is -1.69. The van der Waals surface area contributed by atoms with Crippen LogP contribution in [0, 0.1) is 6.92 Å². The minimum Gasteiger partial charge on any atom is -0.264 e. The van der Waals surface area contributed by atoms with Crippen molar-refractivity contribution in [3.8, 4) is 0 Å². The molecule has 1 heteroatoms. The molecule has 0 bridgehead atoms. The fraction of sp³-hybridized carbons (Fsp3) is 0.375. The van der Waals surface area contributed by atoms with E-state index in [1.165, 1.54) is 0 Å². The summed E-state index contributed by atoms with van der Waals surface area (Å²) in [4.78, 5) is 3.75. The average Bonchev–Trinajstić information content (AvgIpc) is 2.00. The van der Waals surface area contributed by atoms with E-state index in [0.29, 0.717) is 6.17 Å². The van der Waals surface area contributed by atoms with E-state index < -0.39 is 0 Å². The summed E-state index contributed by atoms with van der Waals surface area (Å²) in [7, 11) is 0. The summed E-state index contributed by atoms with van der Waals surface area (Å²) in [5.41, 5.74) is 0.924. The Balaban J connectivity index is 0.000000371. The Hall–Kier alpha value is -0.850. The van der Waals surface area contributed by atoms with Crippen molar-refractivity contribution in [3.05, 3.63) is 30.1 Å². The van der Waals surface area contributed by atoms with Crippen LogP contribution in [0.15, 0.2) is 24.5 Å². The monoisotopic (exact) mass is 124 g/mol. The fourth-order valence-corrected chi connectivity index (χ4v) is 0.407. The lowest BCUT2D eigenvalue weighted by Gasteiger charge is -1.82. The summed E-state index contributed by atoms with van der Waals surface area (Å²) in [5.74, 6) is 0. The number of rotatable bonds is 0. The first-order valence-electron chi connectivity index (χ1n) is 3.69. The molecule has 1 aromatic heterocycles. The molecule has 0 saturated carbocycles. The second-order valence-electron chi connectivity index (χ2n) is 1.43. The summed E-state index contributed by atoms with van der Waals surface area (Å²) < 4.78 is 7.11. The Morgan fingerprint density at radius 3 is 2.56 bits per heavy atom. The number of pyridine rings is 1. The molecule has 0 saturated heterocycles. The summed E-state index contributed by atoms with van der Waals surface area (Å²) in [6, 6.07) is 3.70. The van der Waals surface area contributed by atoms with Crippen molar-refractivity contribution in [2.75, 3.05) is 0 Å². The third-order valence-electron chi connectivity index (χ3n) is 0.748. The third kappa shape index (κ3) is 3.71. The van der Waals surface area contributed by atoms with E-state index in [9.17, 15) is 0 Å². The van der Waals surface area contributed by atoms with Gasteiger partial charge in [-0.1, -0.05) is 19.9 Å². The van der Waals surface area contributed by atoms with Gasteiger partial charge < -0.3 is 0 Å². The van der Waals surface area contributed by atoms with E-state index in [1.807, 2.05) is 32.9 Å². The van der Waals surface area contributed by atoms with Gasteiger partial charge >= 0.3 is 0 Å². The first-order valence-corrected chi connectivity index (χ1v) is 3.19. The number of aromatic nitrogens is 1. The molecule has 1 nitrogen and oxygen atoms in total. The first-order chi connectivity index (χ1) is 4.80. The van der Waals surface area contributed by atoms with E-state index >= 15 is 0 Å². The Labute approximate surface area is 58.2 Å². The van der Waals surface area contributed by atoms with E-state index in [2.05, 4.69) is 4.98 Å². The zero-order valence-electron chi connectivity index (χ0n) is 7.18. The lowest BCUT2D eigenvalue weighted by molar-refractivity contribution is 1.27. The Morgan fingerprint density at radius 1 is 1.56 bits per heavy atom. The maximum atomic E-state index is 7.11. The summed E-state index contributed by atoms with van der Waals surface area (Å²) in [5, 5.41) is 0. The predicted octanol–water partition coefficient (Wildman–Crippen LogP) is 2.42. The quantitative estimate of drug-likeness (QED) is 0.517. The summed E-state index contributed by atoms with van der Waals surface area (Å²) in [6.45, 7) is 5.87. The highest BCUT2D eigenvalue weighted by atomic mass is 14.6. The normalized spacial score (nSPS) is 9.00. The topological polar surface area (TPSA) is 12.9 Å². The van der Waals surface area contributed by atoms with Crippen LogP contribution in [-0.2, 0) is 0 Å². The van der Waals surface area contributed by atoms with Crippen molar-refractivity contribution in [3.63, 3.8) is 0 Å². The molecular weight excluding hydrogens is 110 g/mol. The molecule has 1 rings (SSSR count). The van der Waals surface area contributed by atoms with Gasteiger partial charge in [0.15, 0.2) is 0 Å². The van der Waals surface area contributed by atoms with Gasteiger partial charge in [0.25, 0.3) is 0 Å². The first kappa shape index (κ1) is 6.27. The number of aryl methyl sites for hydroxylation is 1. The molecule has 0 radical (unpaired) electrons. The van der Waals surface area contributed by atoms with Crippen LogP contribution in [0.2, 0.25) is 0 Å². The van der Waals surface area contributed by atoms with Crippen molar-refractivity contribution in [2.45, 2.75) is 20.8 Å². The molecule has 0 aliphatic heterocycles. The smallest absolute Gasteiger partial charge is 0.0843 e. The highest BCUT2D eigenvalue weighted by molar-refractivity contribution is 5.04. The molecule has 0 aromatic carbocycles. The molecular formula is C8H13N. The minimum absolute atomic E-state index is 0.368. The van der Waals surface area contributed by atoms with Crippen molar-refractivity contribution in [2.24, 2.45) is 0 Å². The number of hydrogen-bond acceptors (Lipinski definition) is 1. The van der Waals surface area contributed by atoms with Gasteiger partial charge in [-0.2, -0.15) is 0 Å². The molecule has 0 aliphatic carbocycles. The maximum Gasteiger partial charge on any atom is 0.0843 e. The molecule has 9 heavy (non-hydrogen) atoms. The molecule has 1 aromatic rings. The van der Waals surface area contributed by atoms with Crippen molar-refractivity contribution >= 4 is 0 Å². The minimum atomic E-state index is 0.368. The molecule has 50 valence electrons. The molecule has 0 aliphatic rings. The Morgan fingerprint density at radius 2 is 2.22 bits per heavy atom. The largest absolute Gasteiger partial charge is 0.264 e. The van der Waals surface area contributed by atoms with Crippen LogP contribution in [0.1, 0.15) is 20.8 Å². The highest BCUT2D eigenvalue weighted by Gasteiger charge is 1.73. The molecule has 0 atom stereocenters. The van der Waals surface area contributed by atoms with Gasteiger partial charge in [-0.05, 0) is 18.6 Å². The van der Waals surface area contributed by atoms with Gasteiger partial charge in [-0.15, -0.1) is 0 Å². The molecule has 0 unspecified atom stereocenters. The Kier molecular flexibility index (Phi) is 3.69. The molecule has 0 spiro atoms. The van der Waals surface area contributed by atoms with Crippen LogP contribution in [0.3, 0.4) is 0 Å². The summed E-state index contributed by atoms with van der Waals surface area (Å²) in [6.07, 6.45) is 1.99. The van der Waals surface area contributed by atoms with E-state index in [4.69, 9.17) is 1.37 Å². The highest BCUT2D eigenvalue weighted by Crippen LogP contribution is 1.88. The Bertz CT molecular complexity index is 165. The average molecular weight is 124 g/mol. The standard InChI is InChI=1S/C6H7N.C2H6/c1-6-3-2-4-7-5-6;1-2/h2-5H,1H3;1-2H3/i5D;. The van der Waals surface area contributed by atoms with E-state index in [1.54, 1.807) is 6.20 Å². The lowest BCUT2D eigenvalue weighted by atomic mass is 10.3. The van der Waals surface area contributed by atoms with Gasteiger partial charge in [0.05, 0.1) is 1.37 Å². The van der Waals surface area contributed by atoms with Crippen LogP contribution >= 0.6 is 0 Å². The second kappa shape index (κ2) is 5.29. The van der Waals surface area contributed by atoms with E-state index in [-0.39, 0.29) is 0 Å². The maximum absolute atomic E-state index is 7.11. The summed E-state index contributed by atoms with van der Waals surface area (Å²) >= 11 is 0. The van der Waals surface area contributed by atoms with Crippen LogP contribution in [0.25, 0.3) is 0 Å². The second-order valence-corrected chi connectivity index (χ2v) is 1.43. The fourth-order valence-electron chi connectivity index (χ4n) is 0.407. The number of hydrogen-bond donors (Lipinski definition) is 0. The predicted molar refractivity (Wildman–Crippen MR) is 40.3 cm³/mol. The van der Waals surface area contributed by atoms with Crippen molar-refractivity contribution in [1.82, 2.24) is 4.98 Å². The molecule has 0 amide bonds. The van der Waals surface area contributed by atoms with Crippen LogP contribution in [0.5, 0.6) is 0 Å². The van der Waals surface area contributed by atoms with Gasteiger partial charge in [-0.3, -0.25) is 4.98 Å². The number of nitrogens with zero attached hydrogens (tertiary/aromatic N) is 1. The molecule has 0 fully saturated rings. The van der Waals surface area contributed by atoms with Gasteiger partial charge in [0.1, 0.15) is 0 Å². The van der Waals surface area contributed by atoms with Crippen LogP contribution in [0.4, 0.5) is 0 Å². The van der Waals surface area contributed by atoms with Gasteiger partial charge in [0.2, 0.25) is 0 Å². The van der Waals surface area contributed by atoms with Crippen LogP contribution in [-0.4, -0.2) is 4.98 Å². The SMILES string of the molecule is CC.[2H]c1ncccc1C. The molecule has 1 heterocycles.